The van der Waals surface area contributed by atoms with E-state index in [1.807, 2.05) is 27.7 Å². The Kier molecular flexibility index (Phi) is 83.8. The zero-order valence-corrected chi connectivity index (χ0v) is 10.4. The molecule has 0 atom stereocenters. The van der Waals surface area contributed by atoms with Gasteiger partial charge in [0, 0.05) is 0 Å². The largest absolute Gasteiger partial charge is 0.333 e. The number of nitrogens with two attached hydrogens (primary N) is 1. The van der Waals surface area contributed by atoms with Gasteiger partial charge in [0.2, 0.25) is 0 Å². The summed E-state index contributed by atoms with van der Waals surface area (Å²) in [5.74, 6) is 0. The summed E-state index contributed by atoms with van der Waals surface area (Å²) in [7, 11) is 5.67. The van der Waals surface area contributed by atoms with E-state index in [1.165, 1.54) is 20.0 Å². The smallest absolute Gasteiger partial charge is 0.00275 e. The monoisotopic (exact) mass is 178 g/mol. The van der Waals surface area contributed by atoms with Gasteiger partial charge >= 0.3 is 0 Å². The molecule has 2 nitrogen and oxygen atoms in total. The van der Waals surface area contributed by atoms with Crippen LogP contribution in [0.25, 0.3) is 0 Å². The van der Waals surface area contributed by atoms with Crippen LogP contribution in [0, 0.1) is 0 Å². The van der Waals surface area contributed by atoms with Crippen LogP contribution in [0.2, 0.25) is 0 Å². The Morgan fingerprint density at radius 2 is 1.17 bits per heavy atom. The summed E-state index contributed by atoms with van der Waals surface area (Å²) in [6.45, 7) is 11.4. The molecule has 0 aromatic heterocycles. The Labute approximate surface area is 80.1 Å². The van der Waals surface area contributed by atoms with E-state index < -0.39 is 0 Å². The van der Waals surface area contributed by atoms with E-state index in [4.69, 9.17) is 0 Å². The number of rotatable bonds is 2. The summed E-state index contributed by atoms with van der Waals surface area (Å²) < 4.78 is 0. The standard InChI is InChI=1S/C5H13N.2C2H6.CH5N/c1-4-5-6(2)3;3*1-2/h4-5H2,1-3H3;2*1-2H3;2H2,1H3. The third kappa shape index (κ3) is 92.6. The molecule has 0 saturated carbocycles. The number of nitrogens with zero attached hydrogens (tertiary/aromatic N) is 1. The second-order valence-electron chi connectivity index (χ2n) is 1.80. The maximum Gasteiger partial charge on any atom is -0.00275 e. The van der Waals surface area contributed by atoms with Gasteiger partial charge in [0.25, 0.3) is 0 Å². The molecule has 0 bridgehead atoms. The third-order valence-electron chi connectivity index (χ3n) is 0.671. The van der Waals surface area contributed by atoms with Crippen molar-refractivity contribution in [1.82, 2.24) is 4.90 Å². The fourth-order valence-electron chi connectivity index (χ4n) is 0.447. The predicted octanol–water partition coefficient (Wildman–Crippen LogP) is 2.59. The maximum atomic E-state index is 4.50. The molecule has 80 valence electrons. The highest BCUT2D eigenvalue weighted by Gasteiger charge is 1.79. The van der Waals surface area contributed by atoms with Crippen molar-refractivity contribution in [3.63, 3.8) is 0 Å². The van der Waals surface area contributed by atoms with Crippen molar-refractivity contribution in [2.45, 2.75) is 41.0 Å². The normalized spacial score (nSPS) is 6.50. The minimum absolute atomic E-state index is 1.21. The second-order valence-corrected chi connectivity index (χ2v) is 1.80. The first-order chi connectivity index (χ1) is 5.77. The zero-order valence-electron chi connectivity index (χ0n) is 10.4. The van der Waals surface area contributed by atoms with Gasteiger partial charge < -0.3 is 10.6 Å². The Balaban J connectivity index is -0.0000000453. The number of hydrogen-bond acceptors (Lipinski definition) is 2. The van der Waals surface area contributed by atoms with Crippen LogP contribution in [-0.2, 0) is 0 Å². The maximum absolute atomic E-state index is 4.50. The first-order valence-corrected chi connectivity index (χ1v) is 5.00. The van der Waals surface area contributed by atoms with Crippen LogP contribution in [0.4, 0.5) is 0 Å². The van der Waals surface area contributed by atoms with Crippen LogP contribution in [0.15, 0.2) is 0 Å². The molecule has 0 spiro atoms. The average Bonchev–Trinajstić information content (AvgIpc) is 2.14. The van der Waals surface area contributed by atoms with E-state index in [9.17, 15) is 0 Å². The molecule has 0 aliphatic rings. The van der Waals surface area contributed by atoms with Crippen LogP contribution in [0.5, 0.6) is 0 Å². The highest BCUT2D eigenvalue weighted by Crippen LogP contribution is 1.76. The summed E-state index contributed by atoms with van der Waals surface area (Å²) >= 11 is 0. The minimum atomic E-state index is 1.21. The Hall–Kier alpha value is -0.0800. The molecule has 0 aliphatic heterocycles. The lowest BCUT2D eigenvalue weighted by Gasteiger charge is -2.03. The molecule has 0 rings (SSSR count). The lowest BCUT2D eigenvalue weighted by Crippen LogP contribution is -2.11. The van der Waals surface area contributed by atoms with Crippen LogP contribution in [-0.4, -0.2) is 32.6 Å². The molecule has 12 heavy (non-hydrogen) atoms. The van der Waals surface area contributed by atoms with Crippen LogP contribution in [0.1, 0.15) is 41.0 Å². The molecular weight excluding hydrogens is 148 g/mol. The summed E-state index contributed by atoms with van der Waals surface area (Å²) in [6, 6.07) is 0. The average molecular weight is 178 g/mol. The van der Waals surface area contributed by atoms with E-state index in [0.717, 1.165) is 0 Å². The molecule has 0 fully saturated rings. The molecule has 2 N–H and O–H groups in total. The van der Waals surface area contributed by atoms with Gasteiger partial charge in [-0.1, -0.05) is 34.6 Å². The van der Waals surface area contributed by atoms with E-state index in [2.05, 4.69) is 31.7 Å². The Morgan fingerprint density at radius 1 is 0.917 bits per heavy atom. The predicted molar refractivity (Wildman–Crippen MR) is 61.7 cm³/mol. The highest BCUT2D eigenvalue weighted by molar-refractivity contribution is 4.34. The van der Waals surface area contributed by atoms with Gasteiger partial charge in [-0.05, 0) is 34.1 Å². The summed E-state index contributed by atoms with van der Waals surface area (Å²) in [4.78, 5) is 2.18. The van der Waals surface area contributed by atoms with Crippen LogP contribution in [0.3, 0.4) is 0 Å². The lowest BCUT2D eigenvalue weighted by molar-refractivity contribution is 0.408. The second kappa shape index (κ2) is 44.4. The van der Waals surface area contributed by atoms with Crippen molar-refractivity contribution in [1.29, 1.82) is 0 Å². The van der Waals surface area contributed by atoms with Gasteiger partial charge in [0.05, 0.1) is 0 Å². The van der Waals surface area contributed by atoms with Gasteiger partial charge in [0.1, 0.15) is 0 Å². The fraction of sp³-hybridized carbons (Fsp3) is 1.00. The molecular formula is C10H30N2. The molecule has 0 aromatic rings. The lowest BCUT2D eigenvalue weighted by atomic mass is 10.5. The van der Waals surface area contributed by atoms with E-state index in [-0.39, 0.29) is 0 Å². The fourth-order valence-corrected chi connectivity index (χ4v) is 0.447. The molecule has 0 amide bonds. The first-order valence-electron chi connectivity index (χ1n) is 5.00. The van der Waals surface area contributed by atoms with Crippen LogP contribution < -0.4 is 5.73 Å². The van der Waals surface area contributed by atoms with Gasteiger partial charge in [-0.15, -0.1) is 0 Å². The van der Waals surface area contributed by atoms with Crippen molar-refractivity contribution in [3.05, 3.63) is 0 Å². The van der Waals surface area contributed by atoms with Crippen molar-refractivity contribution < 1.29 is 0 Å². The number of hydrogen-bond donors (Lipinski definition) is 1. The van der Waals surface area contributed by atoms with Crippen molar-refractivity contribution in [3.8, 4) is 0 Å². The zero-order chi connectivity index (χ0) is 11.0. The third-order valence-corrected chi connectivity index (χ3v) is 0.671. The summed E-state index contributed by atoms with van der Waals surface area (Å²) in [5, 5.41) is 0. The Morgan fingerprint density at radius 3 is 1.17 bits per heavy atom. The van der Waals surface area contributed by atoms with Gasteiger partial charge in [0.15, 0.2) is 0 Å². The molecule has 0 unspecified atom stereocenters. The van der Waals surface area contributed by atoms with E-state index >= 15 is 0 Å². The Bertz CT molecular complexity index is 29.0. The van der Waals surface area contributed by atoms with Gasteiger partial charge in [-0.3, -0.25) is 0 Å². The topological polar surface area (TPSA) is 29.3 Å². The molecule has 0 radical (unpaired) electrons. The van der Waals surface area contributed by atoms with Gasteiger partial charge in [-0.2, -0.15) is 0 Å². The van der Waals surface area contributed by atoms with E-state index in [1.54, 1.807) is 0 Å². The SMILES string of the molecule is CC.CC.CCCN(C)C.CN. The van der Waals surface area contributed by atoms with Gasteiger partial charge in [-0.25, -0.2) is 0 Å². The molecule has 2 heteroatoms. The quantitative estimate of drug-likeness (QED) is 0.704. The summed E-state index contributed by atoms with van der Waals surface area (Å²) in [6.07, 6.45) is 1.26. The highest BCUT2D eigenvalue weighted by atomic mass is 15.0. The molecule has 0 aromatic carbocycles. The minimum Gasteiger partial charge on any atom is -0.333 e. The molecule has 0 heterocycles. The van der Waals surface area contributed by atoms with Crippen molar-refractivity contribution >= 4 is 0 Å². The van der Waals surface area contributed by atoms with Crippen LogP contribution >= 0.6 is 0 Å². The van der Waals surface area contributed by atoms with Crippen molar-refractivity contribution in [2.24, 2.45) is 5.73 Å². The molecule has 0 aliphatic carbocycles. The first kappa shape index (κ1) is 22.7. The molecule has 0 saturated heterocycles. The van der Waals surface area contributed by atoms with Crippen molar-refractivity contribution in [2.75, 3.05) is 27.7 Å². The summed E-state index contributed by atoms with van der Waals surface area (Å²) in [5.41, 5.74) is 4.50. The van der Waals surface area contributed by atoms with E-state index in [0.29, 0.717) is 0 Å².